The molecule has 3 rings (SSSR count). The van der Waals surface area contributed by atoms with E-state index in [1.807, 2.05) is 126 Å². The Bertz CT molecular complexity index is 3230. The van der Waals surface area contributed by atoms with Gasteiger partial charge in [0.25, 0.3) is 0 Å². The Morgan fingerprint density at radius 2 is 0.730 bits per heavy atom. The summed E-state index contributed by atoms with van der Waals surface area (Å²) in [6.07, 6.45) is 31.8. The molecule has 3 aromatic carbocycles. The van der Waals surface area contributed by atoms with Crippen LogP contribution in [0.1, 0.15) is 125 Å². The van der Waals surface area contributed by atoms with E-state index in [-0.39, 0.29) is 131 Å². The van der Waals surface area contributed by atoms with E-state index in [1.165, 1.54) is 29.8 Å². The molecule has 0 aliphatic heterocycles. The van der Waals surface area contributed by atoms with Crippen LogP contribution in [0.5, 0.6) is 0 Å². The number of rotatable bonds is 31. The molecule has 100 heavy (non-hydrogen) atoms. The summed E-state index contributed by atoms with van der Waals surface area (Å²) in [7, 11) is -5.58. The van der Waals surface area contributed by atoms with E-state index in [2.05, 4.69) is 36.4 Å². The van der Waals surface area contributed by atoms with Crippen LogP contribution in [0.4, 0.5) is 0 Å². The van der Waals surface area contributed by atoms with Gasteiger partial charge in [-0.05, 0) is 182 Å². The van der Waals surface area contributed by atoms with Gasteiger partial charge in [-0.1, -0.05) is 164 Å². The topological polar surface area (TPSA) is 262 Å². The van der Waals surface area contributed by atoms with Gasteiger partial charge < -0.3 is 48.2 Å². The van der Waals surface area contributed by atoms with Gasteiger partial charge in [-0.3, -0.25) is 18.9 Å². The minimum atomic E-state index is -3.37. The van der Waals surface area contributed by atoms with Crippen molar-refractivity contribution in [3.8, 4) is 0 Å². The zero-order valence-electron chi connectivity index (χ0n) is 62.2. The number of carbonyl (C=O) groups is 7. The molecule has 0 fully saturated rings. The first-order valence-corrected chi connectivity index (χ1v) is 35.0. The van der Waals surface area contributed by atoms with Crippen molar-refractivity contribution in [2.75, 3.05) is 39.6 Å². The predicted molar refractivity (Wildman–Crippen MR) is 402 cm³/mol. The van der Waals surface area contributed by atoms with Gasteiger partial charge in [0.15, 0.2) is 11.3 Å². The Balaban J connectivity index is -0.000000280. The fourth-order valence-electron chi connectivity index (χ4n) is 8.12. The summed E-state index contributed by atoms with van der Waals surface area (Å²) in [5.74, 6) is -2.47. The number of benzene rings is 3. The summed E-state index contributed by atoms with van der Waals surface area (Å²) < 4.78 is 42.2. The maximum atomic E-state index is 12.9. The van der Waals surface area contributed by atoms with E-state index >= 15 is 0 Å². The van der Waals surface area contributed by atoms with Crippen LogP contribution >= 0.6 is 31.8 Å². The SMILES string of the molecule is Br.CCOC(=O)/C(C)=C/C(C)=C/C=C/C=C(C)/C=C(\C)C(=O)OCC.CCOC(=O)C(C)P(=O)(OCC)OCC.CCOC(=O)C(C)[P+](c1ccccc1)(c1ccccc1)c1ccccc1.C\C(C=O)=C/C=C/C=C(\C)C=O.C\C([C-]=O)=C/C(C)=C/C=C/C=C(C)/C=C(\C)C(=O)[O-].[Na+].[Na+].[OH-]. The summed E-state index contributed by atoms with van der Waals surface area (Å²) in [6.45, 7) is 33.4. The summed E-state index contributed by atoms with van der Waals surface area (Å²) in [4.78, 5) is 88.4. The normalized spacial score (nSPS) is 13.1. The van der Waals surface area contributed by atoms with Crippen molar-refractivity contribution < 1.29 is 141 Å². The van der Waals surface area contributed by atoms with Crippen LogP contribution in [0.25, 0.3) is 0 Å². The Labute approximate surface area is 651 Å². The molecule has 536 valence electrons. The first-order valence-electron chi connectivity index (χ1n) is 31.5. The zero-order valence-corrected chi connectivity index (χ0v) is 69.7. The van der Waals surface area contributed by atoms with Crippen LogP contribution in [-0.4, -0.2) is 105 Å². The molecule has 0 saturated carbocycles. The summed E-state index contributed by atoms with van der Waals surface area (Å²) >= 11 is 0. The third-order valence-corrected chi connectivity index (χ3v) is 19.8. The first-order chi connectivity index (χ1) is 45.6. The van der Waals surface area contributed by atoms with E-state index in [4.69, 9.17) is 28.0 Å². The number of carboxylic acids is 1. The average Bonchev–Trinajstić information content (AvgIpc) is 0.741. The van der Waals surface area contributed by atoms with Gasteiger partial charge in [-0.25, -0.2) is 20.5 Å². The number of carboxylic acid groups (broad SMARTS) is 1. The van der Waals surface area contributed by atoms with Crippen LogP contribution in [0.15, 0.2) is 244 Å². The van der Waals surface area contributed by atoms with Gasteiger partial charge in [0.05, 0.1) is 45.6 Å². The smallest absolute Gasteiger partial charge is 0.870 e. The van der Waals surface area contributed by atoms with Gasteiger partial charge in [0, 0.05) is 11.1 Å². The monoisotopic (exact) mass is 1500 g/mol. The molecule has 0 spiro atoms. The number of hydrogen-bond donors (Lipinski definition) is 0. The number of allylic oxidation sites excluding steroid dienone is 23. The Hall–Kier alpha value is -6.34. The standard InChI is InChI=1S/C23H24O2P.C20H28O4.C16H19O3.C10H12O2.C9H19O5P.BrH.2Na.H2O/c1-3-25-23(24)19(2)26(20-13-7-4-8-14-20,21-15-9-5-10-16-21)22-17-11-6-12-18-22;1-7-23-19(21)17(5)13-15(3)11-9-10-12-16(4)14-18(6)20(22)24-8-2;1-12(9-14(3)11-17)7-5-6-8-13(2)10-15(4)16(18)19;1-9(7-11)5-3-4-6-10(2)8-12;1-5-12-9(10)8(4)15(11,13-6-2)14-7-3;;;;/h4-19H,3H2,1-2H3;9-14H,7-8H2,1-6H3;5-10H,1-4H3,(H,18,19);3-8H,1-2H3;8H,5-7H2,1-4H3;1H;;;1H2/q+1;;-1;;;;2*+1;/p-2/b;10-9+,15-11+,16-12+,17-13+,18-14+;6-5+,12-7+,13-8+,14-9+,15-10+;4-3+,9-5+,10-6+;;;;;. The third kappa shape index (κ3) is 44.1. The summed E-state index contributed by atoms with van der Waals surface area (Å²) in [6, 6.07) is 31.2. The van der Waals surface area contributed by atoms with E-state index < -0.39 is 32.5 Å². The Morgan fingerprint density at radius 3 is 1.00 bits per heavy atom. The number of carbonyl (C=O) groups excluding carboxylic acids is 8. The molecule has 17 nitrogen and oxygen atoms in total. The van der Waals surface area contributed by atoms with Gasteiger partial charge >= 0.3 is 90.6 Å². The summed E-state index contributed by atoms with van der Waals surface area (Å²) in [5, 5.41) is 14.1. The molecular weight excluding hydrogens is 1400 g/mol. The van der Waals surface area contributed by atoms with Crippen molar-refractivity contribution in [3.63, 3.8) is 0 Å². The second-order valence-electron chi connectivity index (χ2n) is 21.0. The number of esters is 4. The van der Waals surface area contributed by atoms with Crippen molar-refractivity contribution in [1.82, 2.24) is 0 Å². The Kier molecular flexibility index (Phi) is 65.3. The van der Waals surface area contributed by atoms with Gasteiger partial charge in [-0.15, -0.1) is 22.6 Å². The maximum absolute atomic E-state index is 12.9. The second-order valence-corrected chi connectivity index (χ2v) is 27.1. The van der Waals surface area contributed by atoms with Gasteiger partial charge in [0.1, 0.15) is 35.7 Å². The van der Waals surface area contributed by atoms with Crippen LogP contribution in [0.3, 0.4) is 0 Å². The number of ether oxygens (including phenoxy) is 4. The van der Waals surface area contributed by atoms with Crippen LogP contribution in [0, 0.1) is 0 Å². The largest absolute Gasteiger partial charge is 1.00 e. The van der Waals surface area contributed by atoms with Crippen molar-refractivity contribution in [3.05, 3.63) is 244 Å². The molecule has 3 aromatic rings. The van der Waals surface area contributed by atoms with Crippen molar-refractivity contribution in [2.24, 2.45) is 0 Å². The molecule has 0 aliphatic rings. The fourth-order valence-corrected chi connectivity index (χ4v) is 14.2. The van der Waals surface area contributed by atoms with Crippen LogP contribution < -0.4 is 80.1 Å². The Morgan fingerprint density at radius 1 is 0.450 bits per heavy atom. The molecular formula is C78H103BrNa2O17P2. The molecule has 1 N–H and O–H groups in total. The van der Waals surface area contributed by atoms with Crippen molar-refractivity contribution in [2.45, 2.75) is 136 Å². The number of aldehydes is 2. The average molecular weight is 1500 g/mol. The van der Waals surface area contributed by atoms with Gasteiger partial charge in [-0.2, -0.15) is 5.57 Å². The minimum absolute atomic E-state index is 0. The molecule has 0 aromatic heterocycles. The van der Waals surface area contributed by atoms with Crippen LogP contribution in [-0.2, 0) is 70.9 Å². The van der Waals surface area contributed by atoms with E-state index in [0.29, 0.717) is 47.7 Å². The predicted octanol–water partition coefficient (Wildman–Crippen LogP) is 9.02. The van der Waals surface area contributed by atoms with Crippen LogP contribution in [0.2, 0.25) is 0 Å². The molecule has 0 amide bonds. The third-order valence-electron chi connectivity index (χ3n) is 12.7. The maximum Gasteiger partial charge on any atom is 1.00 e. The zero-order chi connectivity index (χ0) is 73.1. The number of hydrogen-bond acceptors (Lipinski definition) is 17. The van der Waals surface area contributed by atoms with E-state index in [9.17, 15) is 48.0 Å². The summed E-state index contributed by atoms with van der Waals surface area (Å²) in [5.41, 5.74) is 5.68. The molecule has 0 radical (unpaired) electrons. The first kappa shape index (κ1) is 105. The molecule has 0 heterocycles. The number of aliphatic carboxylic acids is 1. The van der Waals surface area contributed by atoms with Crippen molar-refractivity contribution >= 4 is 96.5 Å². The fraction of sp³-hybridized carbons (Fsp3) is 0.333. The second kappa shape index (κ2) is 62.4. The molecule has 22 heteroatoms. The quantitative estimate of drug-likeness (QED) is 0.00850. The molecule has 2 atom stereocenters. The van der Waals surface area contributed by atoms with E-state index in [0.717, 1.165) is 34.9 Å². The molecule has 2 unspecified atom stereocenters. The number of halogens is 1. The van der Waals surface area contributed by atoms with Gasteiger partial charge in [0.2, 0.25) is 0 Å². The minimum Gasteiger partial charge on any atom is -0.870 e. The molecule has 0 saturated heterocycles. The van der Waals surface area contributed by atoms with Crippen molar-refractivity contribution in [1.29, 1.82) is 0 Å². The molecule has 0 bridgehead atoms. The van der Waals surface area contributed by atoms with E-state index in [1.54, 1.807) is 143 Å². The molecule has 0 aliphatic carbocycles.